The standard InChI is InChI=1S/C17H19N5O2/c1-10-8-12(6-7-13(10)18)15(9-14(19)17(23)22-24)21-16-5-3-4-11(2)20-16/h5-9,19,21H,3-4,18H2,1-2H3/b15-9-,19-14?. The van der Waals surface area contributed by atoms with Gasteiger partial charge in [0.25, 0.3) is 0 Å². The third-order valence-corrected chi connectivity index (χ3v) is 3.60. The van der Waals surface area contributed by atoms with Crippen LogP contribution in [0, 0.1) is 17.2 Å². The molecule has 7 nitrogen and oxygen atoms in total. The van der Waals surface area contributed by atoms with Crippen LogP contribution in [0.4, 0.5) is 5.69 Å². The van der Waals surface area contributed by atoms with Gasteiger partial charge in [-0.2, -0.15) is 0 Å². The molecule has 1 aromatic carbocycles. The molecule has 0 atom stereocenters. The molecule has 0 saturated carbocycles. The number of nitrogen functional groups attached to an aromatic ring is 1. The Balaban J connectivity index is 2.41. The molecule has 0 aliphatic carbocycles. The van der Waals surface area contributed by atoms with Crippen LogP contribution < -0.4 is 11.1 Å². The predicted molar refractivity (Wildman–Crippen MR) is 95.7 cm³/mol. The van der Waals surface area contributed by atoms with Crippen molar-refractivity contribution in [2.45, 2.75) is 26.7 Å². The topological polar surface area (TPSA) is 121 Å². The van der Waals surface area contributed by atoms with E-state index in [9.17, 15) is 9.70 Å². The molecular formula is C17H19N5O2. The average Bonchev–Trinajstić information content (AvgIpc) is 2.56. The van der Waals surface area contributed by atoms with Crippen LogP contribution >= 0.6 is 0 Å². The Hall–Kier alpha value is -3.09. The van der Waals surface area contributed by atoms with E-state index in [0.717, 1.165) is 29.7 Å². The number of nitrogens with two attached hydrogens (primary N) is 1. The van der Waals surface area contributed by atoms with E-state index in [1.807, 2.05) is 26.0 Å². The summed E-state index contributed by atoms with van der Waals surface area (Å²) in [5.74, 6) is -0.488. The Morgan fingerprint density at radius 3 is 2.79 bits per heavy atom. The summed E-state index contributed by atoms with van der Waals surface area (Å²) in [5.41, 5.74) is 9.04. The molecule has 1 aliphatic heterocycles. The molecule has 0 aromatic heterocycles. The summed E-state index contributed by atoms with van der Waals surface area (Å²) in [4.78, 5) is 26.1. The second kappa shape index (κ2) is 7.45. The Bertz CT molecular complexity index is 790. The number of nitroso groups, excluding NO2 is 1. The Morgan fingerprint density at radius 1 is 1.42 bits per heavy atom. The first kappa shape index (κ1) is 17.3. The average molecular weight is 325 g/mol. The Kier molecular flexibility index (Phi) is 5.36. The number of anilines is 1. The van der Waals surface area contributed by atoms with Gasteiger partial charge in [0.15, 0.2) is 0 Å². The number of aryl methyl sites for hydroxylation is 1. The van der Waals surface area contributed by atoms with Gasteiger partial charge in [0, 0.05) is 22.3 Å². The van der Waals surface area contributed by atoms with Crippen LogP contribution in [0.2, 0.25) is 0 Å². The van der Waals surface area contributed by atoms with Gasteiger partial charge in [-0.25, -0.2) is 4.99 Å². The van der Waals surface area contributed by atoms with E-state index in [2.05, 4.69) is 15.5 Å². The summed E-state index contributed by atoms with van der Waals surface area (Å²) in [7, 11) is 0. The van der Waals surface area contributed by atoms with E-state index < -0.39 is 11.6 Å². The molecule has 1 aromatic rings. The van der Waals surface area contributed by atoms with Crippen LogP contribution in [0.15, 0.2) is 46.3 Å². The number of benzene rings is 1. The minimum Gasteiger partial charge on any atom is -0.399 e. The molecule has 24 heavy (non-hydrogen) atoms. The van der Waals surface area contributed by atoms with Gasteiger partial charge in [0.1, 0.15) is 11.5 Å². The number of carbonyl (C=O) groups is 1. The summed E-state index contributed by atoms with van der Waals surface area (Å²) >= 11 is 0. The maximum Gasteiger partial charge on any atom is 0.334 e. The number of nitrogens with one attached hydrogen (secondary N) is 2. The fourth-order valence-corrected chi connectivity index (χ4v) is 2.23. The minimum absolute atomic E-state index is 0.477. The molecule has 0 spiro atoms. The van der Waals surface area contributed by atoms with Gasteiger partial charge in [-0.1, -0.05) is 6.07 Å². The number of allylic oxidation sites excluding steroid dienone is 1. The van der Waals surface area contributed by atoms with Crippen molar-refractivity contribution in [2.75, 3.05) is 5.73 Å². The zero-order chi connectivity index (χ0) is 17.7. The highest BCUT2D eigenvalue weighted by atomic mass is 16.3. The highest BCUT2D eigenvalue weighted by Crippen LogP contribution is 2.21. The van der Waals surface area contributed by atoms with Gasteiger partial charge in [-0.3, -0.25) is 10.2 Å². The molecule has 0 saturated heterocycles. The van der Waals surface area contributed by atoms with E-state index >= 15 is 0 Å². The lowest BCUT2D eigenvalue weighted by Gasteiger charge is -2.16. The molecule has 0 radical (unpaired) electrons. The zero-order valence-corrected chi connectivity index (χ0v) is 13.6. The summed E-state index contributed by atoms with van der Waals surface area (Å²) in [6, 6.07) is 5.35. The van der Waals surface area contributed by atoms with Crippen molar-refractivity contribution in [3.63, 3.8) is 0 Å². The molecule has 1 aliphatic rings. The quantitative estimate of drug-likeness (QED) is 0.438. The zero-order valence-electron chi connectivity index (χ0n) is 13.6. The van der Waals surface area contributed by atoms with Gasteiger partial charge in [0.05, 0.1) is 0 Å². The van der Waals surface area contributed by atoms with Crippen molar-refractivity contribution < 1.29 is 4.79 Å². The van der Waals surface area contributed by atoms with Crippen LogP contribution in [0.5, 0.6) is 0 Å². The lowest BCUT2D eigenvalue weighted by atomic mass is 10.1. The van der Waals surface area contributed by atoms with E-state index in [4.69, 9.17) is 11.1 Å². The second-order valence-electron chi connectivity index (χ2n) is 5.54. The highest BCUT2D eigenvalue weighted by molar-refractivity contribution is 6.43. The maximum absolute atomic E-state index is 11.3. The van der Waals surface area contributed by atoms with Crippen molar-refractivity contribution in [1.29, 1.82) is 5.41 Å². The number of carbonyl (C=O) groups excluding carboxylic acids is 1. The van der Waals surface area contributed by atoms with Crippen LogP contribution in [0.3, 0.4) is 0 Å². The molecule has 124 valence electrons. The largest absolute Gasteiger partial charge is 0.399 e. The molecule has 2 rings (SSSR count). The number of amides is 1. The van der Waals surface area contributed by atoms with Gasteiger partial charge in [-0.15, -0.1) is 4.91 Å². The van der Waals surface area contributed by atoms with E-state index in [1.54, 1.807) is 12.1 Å². The first-order valence-electron chi connectivity index (χ1n) is 7.46. The fraction of sp³-hybridized carbons (Fsp3) is 0.235. The molecule has 7 heteroatoms. The SMILES string of the molecule is CC1=NC(N/C(=C\C(=N)C(=O)N=O)c2ccc(N)c(C)c2)=CCC1. The van der Waals surface area contributed by atoms with E-state index in [-0.39, 0.29) is 0 Å². The molecule has 0 fully saturated rings. The third kappa shape index (κ3) is 4.22. The molecule has 0 unspecified atom stereocenters. The first-order valence-corrected chi connectivity index (χ1v) is 7.46. The number of aliphatic imine (C=N–C) groups is 1. The van der Waals surface area contributed by atoms with Gasteiger partial charge >= 0.3 is 5.91 Å². The van der Waals surface area contributed by atoms with Crippen LogP contribution in [0.25, 0.3) is 5.70 Å². The molecular weight excluding hydrogens is 306 g/mol. The number of rotatable bonds is 5. The lowest BCUT2D eigenvalue weighted by Crippen LogP contribution is -2.17. The lowest BCUT2D eigenvalue weighted by molar-refractivity contribution is -0.111. The normalized spacial score (nSPS) is 14.5. The smallest absolute Gasteiger partial charge is 0.334 e. The Labute approximate surface area is 139 Å². The van der Waals surface area contributed by atoms with Crippen molar-refractivity contribution in [2.24, 2.45) is 10.2 Å². The molecule has 1 amide bonds. The summed E-state index contributed by atoms with van der Waals surface area (Å²) in [6.45, 7) is 3.80. The van der Waals surface area contributed by atoms with E-state index in [1.165, 1.54) is 6.08 Å². The maximum atomic E-state index is 11.3. The first-order chi connectivity index (χ1) is 11.4. The van der Waals surface area contributed by atoms with Gasteiger partial charge in [0.2, 0.25) is 0 Å². The molecule has 0 bridgehead atoms. The monoisotopic (exact) mass is 325 g/mol. The summed E-state index contributed by atoms with van der Waals surface area (Å²) < 4.78 is 0. The van der Waals surface area contributed by atoms with Crippen LogP contribution in [0.1, 0.15) is 30.9 Å². The van der Waals surface area contributed by atoms with Crippen molar-refractivity contribution >= 4 is 28.7 Å². The molecule has 1 heterocycles. The van der Waals surface area contributed by atoms with Crippen molar-refractivity contribution in [1.82, 2.24) is 5.32 Å². The minimum atomic E-state index is -1.13. The number of hydrogen-bond donors (Lipinski definition) is 3. The number of hydrogen-bond acceptors (Lipinski definition) is 6. The van der Waals surface area contributed by atoms with Crippen LogP contribution in [-0.4, -0.2) is 17.3 Å². The van der Waals surface area contributed by atoms with Crippen molar-refractivity contribution in [3.05, 3.63) is 52.2 Å². The summed E-state index contributed by atoms with van der Waals surface area (Å²) in [6.07, 6.45) is 4.97. The highest BCUT2D eigenvalue weighted by Gasteiger charge is 2.13. The third-order valence-electron chi connectivity index (χ3n) is 3.60. The van der Waals surface area contributed by atoms with Crippen molar-refractivity contribution in [3.8, 4) is 0 Å². The van der Waals surface area contributed by atoms with Gasteiger partial charge < -0.3 is 11.1 Å². The predicted octanol–water partition coefficient (Wildman–Crippen LogP) is 2.92. The molecule has 4 N–H and O–H groups in total. The fourth-order valence-electron chi connectivity index (χ4n) is 2.23. The van der Waals surface area contributed by atoms with E-state index in [0.29, 0.717) is 17.2 Å². The second-order valence-corrected chi connectivity index (χ2v) is 5.54. The Morgan fingerprint density at radius 2 is 2.17 bits per heavy atom. The summed E-state index contributed by atoms with van der Waals surface area (Å²) in [5, 5.41) is 13.1. The van der Waals surface area contributed by atoms with Gasteiger partial charge in [-0.05, 0) is 62.1 Å². The van der Waals surface area contributed by atoms with Crippen LogP contribution in [-0.2, 0) is 4.79 Å². The number of nitrogens with zero attached hydrogens (tertiary/aromatic N) is 2.